The molecule has 0 heterocycles. The smallest absolute Gasteiger partial charge is 0.0152 e. The molecule has 2 aromatic rings. The minimum absolute atomic E-state index is 1.19. The van der Waals surface area contributed by atoms with E-state index in [1.54, 1.807) is 0 Å². The molecule has 0 aliphatic heterocycles. The highest BCUT2D eigenvalue weighted by Crippen LogP contribution is 2.21. The third-order valence-corrected chi connectivity index (χ3v) is 5.23. The van der Waals surface area contributed by atoms with Crippen molar-refractivity contribution in [3.8, 4) is 0 Å². The zero-order chi connectivity index (χ0) is 17.6. The topological polar surface area (TPSA) is 0 Å². The molecule has 0 N–H and O–H groups in total. The van der Waals surface area contributed by atoms with Gasteiger partial charge in [-0.1, -0.05) is 106 Å². The minimum Gasteiger partial charge on any atom is -0.103 e. The maximum atomic E-state index is 3.78. The molecular formula is C25H36. The molecule has 0 heteroatoms. The number of rotatable bonds is 14. The van der Waals surface area contributed by atoms with Gasteiger partial charge in [-0.2, -0.15) is 0 Å². The van der Waals surface area contributed by atoms with Crippen LogP contribution in [0.4, 0.5) is 0 Å². The third-order valence-electron chi connectivity index (χ3n) is 5.23. The van der Waals surface area contributed by atoms with E-state index in [1.165, 1.54) is 99.8 Å². The second-order valence-corrected chi connectivity index (χ2v) is 7.35. The van der Waals surface area contributed by atoms with Gasteiger partial charge in [0.15, 0.2) is 0 Å². The zero-order valence-corrected chi connectivity index (χ0v) is 16.0. The molecule has 0 radical (unpaired) electrons. The number of unbranched alkanes of at least 4 members (excludes halogenated alkanes) is 11. The van der Waals surface area contributed by atoms with Crippen molar-refractivity contribution < 1.29 is 0 Å². The van der Waals surface area contributed by atoms with Gasteiger partial charge in [-0.15, -0.1) is 6.58 Å². The van der Waals surface area contributed by atoms with Crippen molar-refractivity contribution in [3.63, 3.8) is 0 Å². The molecule has 2 rings (SSSR count). The Morgan fingerprint density at radius 1 is 0.600 bits per heavy atom. The Bertz CT molecular complexity index is 591. The summed E-state index contributed by atoms with van der Waals surface area (Å²) >= 11 is 0. The van der Waals surface area contributed by atoms with E-state index in [9.17, 15) is 0 Å². The molecule has 136 valence electrons. The van der Waals surface area contributed by atoms with Crippen molar-refractivity contribution in [1.82, 2.24) is 0 Å². The lowest BCUT2D eigenvalue weighted by molar-refractivity contribution is 0.546. The van der Waals surface area contributed by atoms with Crippen LogP contribution in [0.3, 0.4) is 0 Å². The van der Waals surface area contributed by atoms with Crippen LogP contribution in [0.2, 0.25) is 0 Å². The molecule has 0 amide bonds. The van der Waals surface area contributed by atoms with Crippen molar-refractivity contribution in [2.45, 2.75) is 83.5 Å². The lowest BCUT2D eigenvalue weighted by atomic mass is 9.99. The summed E-state index contributed by atoms with van der Waals surface area (Å²) in [4.78, 5) is 0. The van der Waals surface area contributed by atoms with Gasteiger partial charge < -0.3 is 0 Å². The van der Waals surface area contributed by atoms with Crippen molar-refractivity contribution in [2.24, 2.45) is 0 Å². The van der Waals surface area contributed by atoms with Crippen LogP contribution in [0.1, 0.15) is 82.6 Å². The van der Waals surface area contributed by atoms with Gasteiger partial charge in [-0.05, 0) is 42.0 Å². The average Bonchev–Trinajstić information content (AvgIpc) is 2.65. The summed E-state index contributed by atoms with van der Waals surface area (Å²) in [6.07, 6.45) is 19.9. The van der Waals surface area contributed by atoms with Crippen LogP contribution >= 0.6 is 0 Å². The van der Waals surface area contributed by atoms with E-state index in [-0.39, 0.29) is 0 Å². The third kappa shape index (κ3) is 7.90. The largest absolute Gasteiger partial charge is 0.103 e. The Labute approximate surface area is 155 Å². The minimum atomic E-state index is 1.19. The van der Waals surface area contributed by atoms with E-state index >= 15 is 0 Å². The fraction of sp³-hybridized carbons (Fsp3) is 0.520. The molecule has 0 aliphatic carbocycles. The molecule has 0 fully saturated rings. The molecule has 0 unspecified atom stereocenters. The molecule has 0 nitrogen and oxygen atoms in total. The highest BCUT2D eigenvalue weighted by atomic mass is 14.1. The normalized spacial score (nSPS) is 11.0. The van der Waals surface area contributed by atoms with Gasteiger partial charge in [0.05, 0.1) is 0 Å². The fourth-order valence-electron chi connectivity index (χ4n) is 3.71. The number of hydrogen-bond acceptors (Lipinski definition) is 0. The Morgan fingerprint density at radius 2 is 1.16 bits per heavy atom. The van der Waals surface area contributed by atoms with E-state index in [4.69, 9.17) is 0 Å². The van der Waals surface area contributed by atoms with Gasteiger partial charge >= 0.3 is 0 Å². The van der Waals surface area contributed by atoms with Crippen LogP contribution in [-0.4, -0.2) is 0 Å². The summed E-state index contributed by atoms with van der Waals surface area (Å²) in [6, 6.07) is 15.5. The van der Waals surface area contributed by atoms with Crippen molar-refractivity contribution in [1.29, 1.82) is 0 Å². The van der Waals surface area contributed by atoms with Crippen LogP contribution < -0.4 is 0 Å². The number of benzene rings is 2. The fourth-order valence-corrected chi connectivity index (χ4v) is 3.71. The summed E-state index contributed by atoms with van der Waals surface area (Å²) in [5, 5.41) is 2.82. The predicted molar refractivity (Wildman–Crippen MR) is 113 cm³/mol. The molecule has 2 aromatic carbocycles. The van der Waals surface area contributed by atoms with Gasteiger partial charge in [-0.25, -0.2) is 0 Å². The lowest BCUT2D eigenvalue weighted by Gasteiger charge is -2.06. The summed E-state index contributed by atoms with van der Waals surface area (Å²) in [5.74, 6) is 0. The SMILES string of the molecule is C=CCCCCCCCCCCCCCc1cccc2ccccc12. The van der Waals surface area contributed by atoms with Crippen LogP contribution in [0.5, 0.6) is 0 Å². The quantitative estimate of drug-likeness (QED) is 0.240. The van der Waals surface area contributed by atoms with E-state index < -0.39 is 0 Å². The molecule has 0 aromatic heterocycles. The number of fused-ring (bicyclic) bond motifs is 1. The van der Waals surface area contributed by atoms with Gasteiger partial charge in [0.2, 0.25) is 0 Å². The molecule has 0 aliphatic rings. The summed E-state index contributed by atoms with van der Waals surface area (Å²) < 4.78 is 0. The number of aryl methyl sites for hydroxylation is 1. The van der Waals surface area contributed by atoms with E-state index in [1.807, 2.05) is 6.08 Å². The number of hydrogen-bond donors (Lipinski definition) is 0. The molecule has 0 bridgehead atoms. The first-order valence-electron chi connectivity index (χ1n) is 10.5. The molecule has 25 heavy (non-hydrogen) atoms. The highest BCUT2D eigenvalue weighted by Gasteiger charge is 2.00. The van der Waals surface area contributed by atoms with Crippen LogP contribution in [0.25, 0.3) is 10.8 Å². The second-order valence-electron chi connectivity index (χ2n) is 7.35. The molecule has 0 spiro atoms. The van der Waals surface area contributed by atoms with Crippen molar-refractivity contribution in [3.05, 3.63) is 60.7 Å². The van der Waals surface area contributed by atoms with Crippen LogP contribution in [0.15, 0.2) is 55.1 Å². The van der Waals surface area contributed by atoms with E-state index in [0.29, 0.717) is 0 Å². The standard InChI is InChI=1S/C25H36/c1-2-3-4-5-6-7-8-9-10-11-12-13-14-18-23-20-17-21-24-19-15-16-22-25(23)24/h2,15-17,19-22H,1,3-14,18H2. The molecular weight excluding hydrogens is 300 g/mol. The first-order chi connectivity index (χ1) is 12.4. The second kappa shape index (κ2) is 12.8. The number of allylic oxidation sites excluding steroid dienone is 1. The van der Waals surface area contributed by atoms with Gasteiger partial charge in [0.1, 0.15) is 0 Å². The Balaban J connectivity index is 1.46. The Morgan fingerprint density at radius 3 is 1.84 bits per heavy atom. The molecule has 0 atom stereocenters. The Kier molecular flexibility index (Phi) is 10.1. The first kappa shape index (κ1) is 19.8. The van der Waals surface area contributed by atoms with Gasteiger partial charge in [0.25, 0.3) is 0 Å². The first-order valence-corrected chi connectivity index (χ1v) is 10.5. The van der Waals surface area contributed by atoms with Gasteiger partial charge in [-0.3, -0.25) is 0 Å². The summed E-state index contributed by atoms with van der Waals surface area (Å²) in [7, 11) is 0. The van der Waals surface area contributed by atoms with Crippen LogP contribution in [-0.2, 0) is 6.42 Å². The van der Waals surface area contributed by atoms with Crippen LogP contribution in [0, 0.1) is 0 Å². The predicted octanol–water partition coefficient (Wildman–Crippen LogP) is 8.25. The molecule has 0 saturated carbocycles. The monoisotopic (exact) mass is 336 g/mol. The van der Waals surface area contributed by atoms with Crippen molar-refractivity contribution in [2.75, 3.05) is 0 Å². The van der Waals surface area contributed by atoms with Gasteiger partial charge in [0, 0.05) is 0 Å². The maximum absolute atomic E-state index is 3.78. The van der Waals surface area contributed by atoms with E-state index in [2.05, 4.69) is 49.0 Å². The summed E-state index contributed by atoms with van der Waals surface area (Å²) in [5.41, 5.74) is 1.52. The maximum Gasteiger partial charge on any atom is -0.0152 e. The lowest BCUT2D eigenvalue weighted by Crippen LogP contribution is -1.88. The van der Waals surface area contributed by atoms with E-state index in [0.717, 1.165) is 0 Å². The molecule has 0 saturated heterocycles. The highest BCUT2D eigenvalue weighted by molar-refractivity contribution is 5.85. The summed E-state index contributed by atoms with van der Waals surface area (Å²) in [6.45, 7) is 3.78. The zero-order valence-electron chi connectivity index (χ0n) is 16.0. The Hall–Kier alpha value is -1.56. The average molecular weight is 337 g/mol. The van der Waals surface area contributed by atoms with Crippen molar-refractivity contribution >= 4 is 10.8 Å².